The van der Waals surface area contributed by atoms with Crippen LogP contribution >= 0.6 is 12.4 Å². The Bertz CT molecular complexity index is 493. The number of carbonyl (C=O) groups is 1. The number of rotatable bonds is 6. The number of nitrogens with one attached hydrogen (secondary N) is 1. The van der Waals surface area contributed by atoms with E-state index in [0.717, 1.165) is 12.8 Å². The topological polar surface area (TPSA) is 64.4 Å². The molecule has 118 valence electrons. The van der Waals surface area contributed by atoms with Crippen molar-refractivity contribution in [3.05, 3.63) is 24.0 Å². The Morgan fingerprint density at radius 3 is 2.71 bits per heavy atom. The minimum Gasteiger partial charge on any atom is -0.491 e. The highest BCUT2D eigenvalue weighted by atomic mass is 35.5. The Hall–Kier alpha value is -1.33. The van der Waals surface area contributed by atoms with Crippen molar-refractivity contribution in [2.24, 2.45) is 17.6 Å². The van der Waals surface area contributed by atoms with E-state index in [1.54, 1.807) is 13.8 Å². The largest absolute Gasteiger partial charge is 0.491 e. The quantitative estimate of drug-likeness (QED) is 0.848. The molecule has 2 atom stereocenters. The summed E-state index contributed by atoms with van der Waals surface area (Å²) < 4.78 is 18.9. The molecule has 1 aromatic rings. The van der Waals surface area contributed by atoms with Crippen LogP contribution in [-0.4, -0.2) is 18.6 Å². The second-order valence-electron chi connectivity index (χ2n) is 5.53. The molecule has 1 saturated carbocycles. The van der Waals surface area contributed by atoms with Crippen LogP contribution in [0.4, 0.5) is 10.1 Å². The summed E-state index contributed by atoms with van der Waals surface area (Å²) >= 11 is 0. The molecule has 0 heterocycles. The van der Waals surface area contributed by atoms with Crippen LogP contribution in [0.2, 0.25) is 0 Å². The van der Waals surface area contributed by atoms with Crippen molar-refractivity contribution in [3.63, 3.8) is 0 Å². The number of hydrogen-bond acceptors (Lipinski definition) is 3. The van der Waals surface area contributed by atoms with Gasteiger partial charge in [0.1, 0.15) is 11.6 Å². The number of hydrogen-bond donors (Lipinski definition) is 2. The van der Waals surface area contributed by atoms with Crippen LogP contribution < -0.4 is 15.8 Å². The summed E-state index contributed by atoms with van der Waals surface area (Å²) in [6.07, 6.45) is 2.30. The molecule has 0 radical (unpaired) electrons. The smallest absolute Gasteiger partial charge is 0.228 e. The van der Waals surface area contributed by atoms with Crippen LogP contribution in [0.5, 0.6) is 5.75 Å². The lowest BCUT2D eigenvalue weighted by molar-refractivity contribution is -0.119. The van der Waals surface area contributed by atoms with Gasteiger partial charge >= 0.3 is 0 Å². The van der Waals surface area contributed by atoms with E-state index in [4.69, 9.17) is 10.5 Å². The molecule has 1 amide bonds. The van der Waals surface area contributed by atoms with E-state index >= 15 is 0 Å². The van der Waals surface area contributed by atoms with E-state index in [2.05, 4.69) is 5.32 Å². The van der Waals surface area contributed by atoms with Crippen molar-refractivity contribution in [1.82, 2.24) is 0 Å². The first-order valence-corrected chi connectivity index (χ1v) is 6.96. The minimum absolute atomic E-state index is 0. The molecule has 0 bridgehead atoms. The monoisotopic (exact) mass is 316 g/mol. The molecule has 0 saturated heterocycles. The van der Waals surface area contributed by atoms with Gasteiger partial charge in [0.2, 0.25) is 5.91 Å². The van der Waals surface area contributed by atoms with Crippen LogP contribution in [0.25, 0.3) is 0 Å². The Kier molecular flexibility index (Phi) is 6.42. The summed E-state index contributed by atoms with van der Waals surface area (Å²) in [6, 6.07) is 3.87. The zero-order chi connectivity index (χ0) is 14.7. The third kappa shape index (κ3) is 5.17. The van der Waals surface area contributed by atoms with Gasteiger partial charge in [-0.25, -0.2) is 4.39 Å². The molecule has 1 aliphatic rings. The summed E-state index contributed by atoms with van der Waals surface area (Å²) in [4.78, 5) is 12.0. The van der Waals surface area contributed by atoms with E-state index in [1.807, 2.05) is 0 Å². The fourth-order valence-electron chi connectivity index (χ4n) is 1.70. The van der Waals surface area contributed by atoms with E-state index in [-0.39, 0.29) is 36.1 Å². The molecule has 1 aromatic carbocycles. The van der Waals surface area contributed by atoms with Crippen molar-refractivity contribution in [2.75, 3.05) is 11.9 Å². The summed E-state index contributed by atoms with van der Waals surface area (Å²) in [5, 5.41) is 2.75. The summed E-state index contributed by atoms with van der Waals surface area (Å²) in [6.45, 7) is 4.10. The Labute approximate surface area is 130 Å². The Balaban J connectivity index is 0.00000220. The summed E-state index contributed by atoms with van der Waals surface area (Å²) in [5.74, 6) is 0.0418. The van der Waals surface area contributed by atoms with Crippen molar-refractivity contribution in [3.8, 4) is 5.75 Å². The van der Waals surface area contributed by atoms with Crippen LogP contribution in [-0.2, 0) is 4.79 Å². The second-order valence-corrected chi connectivity index (χ2v) is 5.53. The molecule has 3 N–H and O–H groups in total. The van der Waals surface area contributed by atoms with Gasteiger partial charge in [0.25, 0.3) is 0 Å². The minimum atomic E-state index is -0.381. The zero-order valence-corrected chi connectivity index (χ0v) is 13.1. The fraction of sp³-hybridized carbons (Fsp3) is 0.533. The van der Waals surface area contributed by atoms with E-state index in [0.29, 0.717) is 24.0 Å². The summed E-state index contributed by atoms with van der Waals surface area (Å²) in [7, 11) is 0. The molecule has 0 spiro atoms. The van der Waals surface area contributed by atoms with Crippen LogP contribution in [0.1, 0.15) is 26.7 Å². The fourth-order valence-corrected chi connectivity index (χ4v) is 1.70. The van der Waals surface area contributed by atoms with Gasteiger partial charge in [-0.3, -0.25) is 4.79 Å². The van der Waals surface area contributed by atoms with Gasteiger partial charge in [-0.1, -0.05) is 6.92 Å². The van der Waals surface area contributed by atoms with Gasteiger partial charge in [-0.15, -0.1) is 12.4 Å². The maximum Gasteiger partial charge on any atom is 0.228 e. The lowest BCUT2D eigenvalue weighted by Crippen LogP contribution is -2.34. The van der Waals surface area contributed by atoms with Crippen molar-refractivity contribution in [1.29, 1.82) is 0 Å². The molecule has 21 heavy (non-hydrogen) atoms. The van der Waals surface area contributed by atoms with Gasteiger partial charge in [0, 0.05) is 12.1 Å². The van der Waals surface area contributed by atoms with E-state index in [9.17, 15) is 9.18 Å². The van der Waals surface area contributed by atoms with Gasteiger partial charge in [0.05, 0.1) is 18.2 Å². The zero-order valence-electron chi connectivity index (χ0n) is 12.3. The first kappa shape index (κ1) is 17.7. The second kappa shape index (κ2) is 7.61. The molecule has 1 fully saturated rings. The molecule has 2 rings (SSSR count). The maximum atomic E-state index is 13.3. The molecule has 2 unspecified atom stereocenters. The Morgan fingerprint density at radius 1 is 1.48 bits per heavy atom. The lowest BCUT2D eigenvalue weighted by atomic mass is 10.0. The molecule has 4 nitrogen and oxygen atoms in total. The molecule has 6 heteroatoms. The van der Waals surface area contributed by atoms with Gasteiger partial charge < -0.3 is 15.8 Å². The average molecular weight is 317 g/mol. The number of halogens is 2. The molecule has 1 aliphatic carbocycles. The summed E-state index contributed by atoms with van der Waals surface area (Å²) in [5.41, 5.74) is 6.20. The third-order valence-electron chi connectivity index (χ3n) is 3.58. The highest BCUT2D eigenvalue weighted by Crippen LogP contribution is 2.32. The number of carbonyl (C=O) groups excluding carboxylic acids is 1. The Morgan fingerprint density at radius 2 is 2.14 bits per heavy atom. The number of ether oxygens (including phenoxy) is 1. The highest BCUT2D eigenvalue weighted by molar-refractivity contribution is 5.94. The number of benzene rings is 1. The predicted molar refractivity (Wildman–Crippen MR) is 83.3 cm³/mol. The third-order valence-corrected chi connectivity index (χ3v) is 3.58. The van der Waals surface area contributed by atoms with E-state index in [1.165, 1.54) is 18.2 Å². The lowest BCUT2D eigenvalue weighted by Gasteiger charge is -2.17. The first-order chi connectivity index (χ1) is 9.47. The van der Waals surface area contributed by atoms with Crippen molar-refractivity contribution >= 4 is 24.0 Å². The molecule has 0 aromatic heterocycles. The van der Waals surface area contributed by atoms with Crippen molar-refractivity contribution < 1.29 is 13.9 Å². The number of nitrogens with two attached hydrogens (primary N) is 1. The maximum absolute atomic E-state index is 13.3. The first-order valence-electron chi connectivity index (χ1n) is 6.96. The van der Waals surface area contributed by atoms with Crippen LogP contribution in [0.3, 0.4) is 0 Å². The average Bonchev–Trinajstić information content (AvgIpc) is 3.21. The normalized spacial score (nSPS) is 16.6. The standard InChI is InChI=1S/C15H21FN2O2.ClH/c1-9(10(2)17)15(19)18-13-6-5-12(16)7-14(13)20-8-11-3-4-11;/h5-7,9-11H,3-4,8,17H2,1-2H3,(H,18,19);1H. The molecular weight excluding hydrogens is 295 g/mol. The SMILES string of the molecule is CC(N)C(C)C(=O)Nc1ccc(F)cc1OCC1CC1.Cl. The van der Waals surface area contributed by atoms with Crippen LogP contribution in [0, 0.1) is 17.7 Å². The predicted octanol–water partition coefficient (Wildman–Crippen LogP) is 2.96. The van der Waals surface area contributed by atoms with E-state index < -0.39 is 0 Å². The highest BCUT2D eigenvalue weighted by Gasteiger charge is 2.23. The van der Waals surface area contributed by atoms with Gasteiger partial charge in [-0.05, 0) is 37.8 Å². The molecule has 0 aliphatic heterocycles. The van der Waals surface area contributed by atoms with Crippen LogP contribution in [0.15, 0.2) is 18.2 Å². The van der Waals surface area contributed by atoms with Crippen molar-refractivity contribution in [2.45, 2.75) is 32.7 Å². The van der Waals surface area contributed by atoms with Gasteiger partial charge in [-0.2, -0.15) is 0 Å². The number of anilines is 1. The van der Waals surface area contributed by atoms with Gasteiger partial charge in [0.15, 0.2) is 0 Å². The number of amides is 1. The molecular formula is C15H22ClFN2O2.